The molecular formula is C12H17NOS2. The molecule has 1 aromatic rings. The first-order valence-electron chi connectivity index (χ1n) is 5.20. The summed E-state index contributed by atoms with van der Waals surface area (Å²) >= 11 is 0. The number of hydrogen-bond donors (Lipinski definition) is 0. The quantitative estimate of drug-likeness (QED) is 0.765. The van der Waals surface area contributed by atoms with E-state index >= 15 is 0 Å². The van der Waals surface area contributed by atoms with Crippen molar-refractivity contribution in [3.8, 4) is 0 Å². The van der Waals surface area contributed by atoms with Crippen LogP contribution in [-0.2, 0) is 4.79 Å². The fraction of sp³-hybridized carbons (Fsp3) is 0.500. The number of nitrogens with zero attached hydrogens (tertiary/aromatic N) is 1. The molecule has 0 radical (unpaired) electrons. The maximum atomic E-state index is 11.9. The zero-order valence-electron chi connectivity index (χ0n) is 10.1. The number of aromatic nitrogens is 1. The molecule has 0 bridgehead atoms. The summed E-state index contributed by atoms with van der Waals surface area (Å²) < 4.78 is 0. The predicted molar refractivity (Wildman–Crippen MR) is 71.6 cm³/mol. The number of rotatable bonds is 4. The smallest absolute Gasteiger partial charge is 0.151 e. The highest BCUT2D eigenvalue weighted by Crippen LogP contribution is 2.35. The van der Waals surface area contributed by atoms with Crippen LogP contribution in [-0.4, -0.2) is 16.0 Å². The highest BCUT2D eigenvalue weighted by molar-refractivity contribution is 8.77. The van der Waals surface area contributed by atoms with Crippen molar-refractivity contribution < 1.29 is 4.79 Å². The fourth-order valence-electron chi connectivity index (χ4n) is 1.17. The molecule has 0 aliphatic rings. The van der Waals surface area contributed by atoms with Crippen LogP contribution in [0.1, 0.15) is 27.7 Å². The van der Waals surface area contributed by atoms with Gasteiger partial charge >= 0.3 is 0 Å². The van der Waals surface area contributed by atoms with Gasteiger partial charge in [-0.3, -0.25) is 4.79 Å². The van der Waals surface area contributed by atoms with Crippen molar-refractivity contribution in [2.75, 3.05) is 0 Å². The van der Waals surface area contributed by atoms with E-state index in [0.717, 1.165) is 5.03 Å². The van der Waals surface area contributed by atoms with Gasteiger partial charge in [-0.05, 0) is 29.9 Å². The van der Waals surface area contributed by atoms with E-state index in [1.807, 2.05) is 45.9 Å². The van der Waals surface area contributed by atoms with Crippen LogP contribution in [0.5, 0.6) is 0 Å². The third kappa shape index (κ3) is 4.18. The van der Waals surface area contributed by atoms with E-state index in [1.165, 1.54) is 0 Å². The summed E-state index contributed by atoms with van der Waals surface area (Å²) in [7, 11) is 3.13. The Hall–Kier alpha value is -0.480. The van der Waals surface area contributed by atoms with Gasteiger partial charge in [0.1, 0.15) is 5.03 Å². The van der Waals surface area contributed by atoms with Crippen molar-refractivity contribution in [2.45, 2.75) is 38.0 Å². The summed E-state index contributed by atoms with van der Waals surface area (Å²) in [6, 6.07) is 5.79. The summed E-state index contributed by atoms with van der Waals surface area (Å²) in [6.07, 6.45) is 1.76. The molecule has 0 spiro atoms. The van der Waals surface area contributed by atoms with Gasteiger partial charge in [-0.15, -0.1) is 0 Å². The molecule has 0 fully saturated rings. The Morgan fingerprint density at radius 3 is 2.56 bits per heavy atom. The summed E-state index contributed by atoms with van der Waals surface area (Å²) in [5, 5.41) is 0.938. The molecule has 1 heterocycles. The first-order valence-corrected chi connectivity index (χ1v) is 7.41. The van der Waals surface area contributed by atoms with Gasteiger partial charge in [0.15, 0.2) is 5.78 Å². The van der Waals surface area contributed by atoms with E-state index < -0.39 is 0 Å². The average Bonchev–Trinajstić information content (AvgIpc) is 2.25. The van der Waals surface area contributed by atoms with Gasteiger partial charge < -0.3 is 0 Å². The molecule has 0 saturated heterocycles. The highest BCUT2D eigenvalue weighted by atomic mass is 33.1. The van der Waals surface area contributed by atoms with Crippen molar-refractivity contribution in [3.05, 3.63) is 24.4 Å². The van der Waals surface area contributed by atoms with Crippen LogP contribution in [0.25, 0.3) is 0 Å². The second-order valence-corrected chi connectivity index (χ2v) is 7.17. The number of carbonyl (C=O) groups is 1. The Labute approximate surface area is 105 Å². The van der Waals surface area contributed by atoms with Gasteiger partial charge in [0.05, 0.1) is 5.25 Å². The Morgan fingerprint density at radius 1 is 1.38 bits per heavy atom. The molecule has 88 valence electrons. The Morgan fingerprint density at radius 2 is 2.06 bits per heavy atom. The van der Waals surface area contributed by atoms with Crippen molar-refractivity contribution in [1.82, 2.24) is 4.98 Å². The van der Waals surface area contributed by atoms with Crippen LogP contribution in [0, 0.1) is 5.41 Å². The van der Waals surface area contributed by atoms with Crippen LogP contribution < -0.4 is 0 Å². The van der Waals surface area contributed by atoms with Crippen LogP contribution in [0.2, 0.25) is 0 Å². The van der Waals surface area contributed by atoms with Crippen LogP contribution in [0.4, 0.5) is 0 Å². The fourth-order valence-corrected chi connectivity index (χ4v) is 3.38. The first-order chi connectivity index (χ1) is 7.41. The molecule has 1 aromatic heterocycles. The van der Waals surface area contributed by atoms with Crippen molar-refractivity contribution >= 4 is 27.4 Å². The Kier molecular flexibility index (Phi) is 4.87. The monoisotopic (exact) mass is 255 g/mol. The van der Waals surface area contributed by atoms with Crippen LogP contribution in [0.15, 0.2) is 29.4 Å². The lowest BCUT2D eigenvalue weighted by molar-refractivity contribution is -0.125. The maximum absolute atomic E-state index is 11.9. The standard InChI is InChI=1S/C12H17NOS2/c1-9(11(14)12(2,3)4)15-16-10-7-5-6-8-13-10/h5-9H,1-4H3. The van der Waals surface area contributed by atoms with Gasteiger partial charge in [-0.2, -0.15) is 0 Å². The van der Waals surface area contributed by atoms with Crippen molar-refractivity contribution in [3.63, 3.8) is 0 Å². The molecule has 16 heavy (non-hydrogen) atoms. The topological polar surface area (TPSA) is 30.0 Å². The summed E-state index contributed by atoms with van der Waals surface area (Å²) in [4.78, 5) is 16.1. The highest BCUT2D eigenvalue weighted by Gasteiger charge is 2.27. The second kappa shape index (κ2) is 5.73. The maximum Gasteiger partial charge on any atom is 0.151 e. The lowest BCUT2D eigenvalue weighted by atomic mass is 9.89. The minimum absolute atomic E-state index is 0.00740. The average molecular weight is 255 g/mol. The van der Waals surface area contributed by atoms with Crippen molar-refractivity contribution in [1.29, 1.82) is 0 Å². The van der Waals surface area contributed by atoms with Gasteiger partial charge in [-0.1, -0.05) is 37.6 Å². The molecule has 0 aliphatic carbocycles. The van der Waals surface area contributed by atoms with Gasteiger partial charge in [0, 0.05) is 11.6 Å². The number of hydrogen-bond acceptors (Lipinski definition) is 4. The largest absolute Gasteiger partial charge is 0.298 e. The molecule has 1 rings (SSSR count). The minimum Gasteiger partial charge on any atom is -0.298 e. The summed E-state index contributed by atoms with van der Waals surface area (Å²) in [5.41, 5.74) is -0.267. The zero-order chi connectivity index (χ0) is 12.2. The third-order valence-corrected chi connectivity index (χ3v) is 4.70. The Bertz CT molecular complexity index is 346. The molecule has 0 aliphatic heterocycles. The minimum atomic E-state index is -0.267. The molecule has 0 saturated carbocycles. The molecule has 0 amide bonds. The Balaban J connectivity index is 2.48. The number of Topliss-reactive ketones (excluding diaryl/α,β-unsaturated/α-hetero) is 1. The normalized spacial score (nSPS) is 13.5. The number of ketones is 1. The van der Waals surface area contributed by atoms with Crippen LogP contribution >= 0.6 is 21.6 Å². The zero-order valence-corrected chi connectivity index (χ0v) is 11.7. The van der Waals surface area contributed by atoms with E-state index in [9.17, 15) is 4.79 Å². The van der Waals surface area contributed by atoms with Crippen molar-refractivity contribution in [2.24, 2.45) is 5.41 Å². The summed E-state index contributed by atoms with van der Waals surface area (Å²) in [5.74, 6) is 0.279. The SMILES string of the molecule is CC(SSc1ccccn1)C(=O)C(C)(C)C. The molecule has 0 N–H and O–H groups in total. The van der Waals surface area contributed by atoms with E-state index in [4.69, 9.17) is 0 Å². The first kappa shape index (κ1) is 13.6. The van der Waals surface area contributed by atoms with Gasteiger partial charge in [0.25, 0.3) is 0 Å². The van der Waals surface area contributed by atoms with Crippen LogP contribution in [0.3, 0.4) is 0 Å². The molecule has 4 heteroatoms. The van der Waals surface area contributed by atoms with E-state index in [1.54, 1.807) is 27.8 Å². The molecule has 0 aromatic carbocycles. The molecular weight excluding hydrogens is 238 g/mol. The second-order valence-electron chi connectivity index (χ2n) is 4.60. The third-order valence-electron chi connectivity index (χ3n) is 2.02. The van der Waals surface area contributed by atoms with E-state index in [-0.39, 0.29) is 16.4 Å². The number of pyridine rings is 1. The number of carbonyl (C=O) groups excluding carboxylic acids is 1. The van der Waals surface area contributed by atoms with E-state index in [2.05, 4.69) is 4.98 Å². The van der Waals surface area contributed by atoms with Gasteiger partial charge in [0.2, 0.25) is 0 Å². The predicted octanol–water partition coefficient (Wildman–Crippen LogP) is 3.83. The summed E-state index contributed by atoms with van der Waals surface area (Å²) in [6.45, 7) is 7.82. The van der Waals surface area contributed by atoms with E-state index in [0.29, 0.717) is 0 Å². The lowest BCUT2D eigenvalue weighted by Crippen LogP contribution is -2.27. The lowest BCUT2D eigenvalue weighted by Gasteiger charge is -2.20. The molecule has 1 atom stereocenters. The molecule has 1 unspecified atom stereocenters. The van der Waals surface area contributed by atoms with Gasteiger partial charge in [-0.25, -0.2) is 4.98 Å². The molecule has 2 nitrogen and oxygen atoms in total.